The van der Waals surface area contributed by atoms with Crippen molar-refractivity contribution in [2.75, 3.05) is 0 Å². The third kappa shape index (κ3) is 4.77. The number of esters is 1. The Morgan fingerprint density at radius 1 is 0.800 bits per heavy atom. The predicted octanol–water partition coefficient (Wildman–Crippen LogP) is 6.29. The van der Waals surface area contributed by atoms with E-state index >= 15 is 0 Å². The Morgan fingerprint density at radius 3 is 2.17 bits per heavy atom. The molecule has 40 heavy (non-hydrogen) atoms. The highest BCUT2D eigenvalue weighted by molar-refractivity contribution is 6.31. The molecule has 5 rings (SSSR count). The molecule has 0 saturated carbocycles. The zero-order valence-electron chi connectivity index (χ0n) is 19.8. The lowest BCUT2D eigenvalue weighted by Gasteiger charge is -2.16. The second-order valence-electron chi connectivity index (χ2n) is 8.35. The summed E-state index contributed by atoms with van der Waals surface area (Å²) in [5, 5.41) is 1.12. The quantitative estimate of drug-likeness (QED) is 0.0604. The summed E-state index contributed by atoms with van der Waals surface area (Å²) >= 11 is 6.02. The maximum absolute atomic E-state index is 13.9. The van der Waals surface area contributed by atoms with E-state index in [0.29, 0.717) is 10.4 Å². The molecule has 0 N–H and O–H groups in total. The molecule has 0 bridgehead atoms. The Hall–Kier alpha value is -4.71. The van der Waals surface area contributed by atoms with Crippen molar-refractivity contribution in [3.63, 3.8) is 0 Å². The standard InChI is InChI=1S/C27H12ClF5O7/c1-10(37-25-23(32)21(30)20(29)22(31)24(25)33)26(35)38-13-3-4-14-15(9-19(34)39-18(14)8-13)16-7-11-6-12(28)2-5-17(11)40-27(16)36/h2-10H,1H3. The summed E-state index contributed by atoms with van der Waals surface area (Å²) in [6, 6.07) is 10.9. The summed E-state index contributed by atoms with van der Waals surface area (Å²) in [5.74, 6) is -14.6. The zero-order chi connectivity index (χ0) is 28.9. The third-order valence-electron chi connectivity index (χ3n) is 5.71. The first-order valence-electron chi connectivity index (χ1n) is 11.2. The minimum atomic E-state index is -2.39. The second kappa shape index (κ2) is 10.1. The van der Waals surface area contributed by atoms with Gasteiger partial charge in [0.1, 0.15) is 16.9 Å². The molecule has 1 unspecified atom stereocenters. The van der Waals surface area contributed by atoms with E-state index in [2.05, 4.69) is 4.74 Å². The number of benzene rings is 3. The van der Waals surface area contributed by atoms with Gasteiger partial charge in [-0.05, 0) is 43.3 Å². The minimum absolute atomic E-state index is 0.0160. The first kappa shape index (κ1) is 26.9. The van der Waals surface area contributed by atoms with Gasteiger partial charge in [-0.1, -0.05) is 11.6 Å². The van der Waals surface area contributed by atoms with Gasteiger partial charge in [0, 0.05) is 33.5 Å². The molecular weight excluding hydrogens is 567 g/mol. The van der Waals surface area contributed by atoms with Gasteiger partial charge in [-0.2, -0.15) is 8.78 Å². The average molecular weight is 579 g/mol. The Balaban J connectivity index is 1.46. The topological polar surface area (TPSA) is 96.0 Å². The fourth-order valence-corrected chi connectivity index (χ4v) is 4.00. The molecule has 0 aliphatic carbocycles. The van der Waals surface area contributed by atoms with E-state index in [4.69, 9.17) is 25.2 Å². The molecule has 0 saturated heterocycles. The van der Waals surface area contributed by atoms with E-state index in [9.17, 15) is 36.3 Å². The van der Waals surface area contributed by atoms with E-state index in [1.165, 1.54) is 30.3 Å². The fraction of sp³-hybridized carbons (Fsp3) is 0.0741. The second-order valence-corrected chi connectivity index (χ2v) is 8.78. The lowest BCUT2D eigenvalue weighted by molar-refractivity contribution is -0.141. The van der Waals surface area contributed by atoms with Crippen LogP contribution in [0.5, 0.6) is 11.5 Å². The monoisotopic (exact) mass is 578 g/mol. The summed E-state index contributed by atoms with van der Waals surface area (Å²) in [6.07, 6.45) is -1.84. The Kier molecular flexibility index (Phi) is 6.80. The van der Waals surface area contributed by atoms with Crippen LogP contribution < -0.4 is 20.7 Å². The Morgan fingerprint density at radius 2 is 1.48 bits per heavy atom. The molecule has 1 atom stereocenters. The van der Waals surface area contributed by atoms with Crippen LogP contribution in [0.1, 0.15) is 6.92 Å². The molecule has 7 nitrogen and oxygen atoms in total. The smallest absolute Gasteiger partial charge is 0.352 e. The molecule has 2 heterocycles. The van der Waals surface area contributed by atoms with Gasteiger partial charge in [-0.25, -0.2) is 27.6 Å². The Bertz CT molecular complexity index is 1940. The molecular formula is C27H12ClF5O7. The van der Waals surface area contributed by atoms with Crippen molar-refractivity contribution in [2.24, 2.45) is 0 Å². The number of ether oxygens (including phenoxy) is 2. The maximum atomic E-state index is 13.9. The molecule has 13 heteroatoms. The molecule has 0 amide bonds. The van der Waals surface area contributed by atoms with Gasteiger partial charge in [-0.15, -0.1) is 0 Å². The van der Waals surface area contributed by atoms with Crippen molar-refractivity contribution in [1.29, 1.82) is 0 Å². The van der Waals surface area contributed by atoms with Crippen molar-refractivity contribution >= 4 is 39.5 Å². The van der Waals surface area contributed by atoms with Gasteiger partial charge < -0.3 is 18.3 Å². The minimum Gasteiger partial charge on any atom is -0.473 e. The number of hydrogen-bond acceptors (Lipinski definition) is 7. The van der Waals surface area contributed by atoms with Crippen LogP contribution in [-0.4, -0.2) is 12.1 Å². The van der Waals surface area contributed by atoms with Crippen LogP contribution in [0.15, 0.2) is 67.0 Å². The summed E-state index contributed by atoms with van der Waals surface area (Å²) < 4.78 is 88.2. The van der Waals surface area contributed by atoms with Crippen LogP contribution in [0.3, 0.4) is 0 Å². The van der Waals surface area contributed by atoms with Crippen molar-refractivity contribution < 1.29 is 45.1 Å². The highest BCUT2D eigenvalue weighted by Gasteiger charge is 2.30. The molecule has 5 aromatic rings. The largest absolute Gasteiger partial charge is 0.473 e. The van der Waals surface area contributed by atoms with Crippen LogP contribution in [0.4, 0.5) is 22.0 Å². The van der Waals surface area contributed by atoms with Gasteiger partial charge >= 0.3 is 17.2 Å². The highest BCUT2D eigenvalue weighted by atomic mass is 35.5. The molecule has 0 aliphatic heterocycles. The maximum Gasteiger partial charge on any atom is 0.352 e. The van der Waals surface area contributed by atoms with Crippen LogP contribution in [0, 0.1) is 29.1 Å². The van der Waals surface area contributed by atoms with Crippen LogP contribution in [-0.2, 0) is 4.79 Å². The normalized spacial score (nSPS) is 12.1. The number of hydrogen-bond donors (Lipinski definition) is 0. The van der Waals surface area contributed by atoms with Crippen molar-refractivity contribution in [3.8, 4) is 22.6 Å². The van der Waals surface area contributed by atoms with Gasteiger partial charge in [0.05, 0.1) is 5.56 Å². The molecule has 0 radical (unpaired) electrons. The van der Waals surface area contributed by atoms with E-state index in [1.54, 1.807) is 6.07 Å². The van der Waals surface area contributed by atoms with Crippen LogP contribution in [0.2, 0.25) is 5.02 Å². The summed E-state index contributed by atoms with van der Waals surface area (Å²) in [7, 11) is 0. The molecule has 0 fully saturated rings. The van der Waals surface area contributed by atoms with E-state index < -0.39 is 58.2 Å². The lowest BCUT2D eigenvalue weighted by Crippen LogP contribution is -2.29. The summed E-state index contributed by atoms with van der Waals surface area (Å²) in [5.41, 5.74) is -1.31. The number of halogens is 6. The third-order valence-corrected chi connectivity index (χ3v) is 5.95. The van der Waals surface area contributed by atoms with E-state index in [-0.39, 0.29) is 33.4 Å². The van der Waals surface area contributed by atoms with Gasteiger partial charge in [0.2, 0.25) is 29.1 Å². The SMILES string of the molecule is CC(Oc1c(F)c(F)c(F)c(F)c1F)C(=O)Oc1ccc2c(-c3cc4cc(Cl)ccc4oc3=O)cc(=O)oc2c1. The average Bonchev–Trinajstić information content (AvgIpc) is 2.92. The van der Waals surface area contributed by atoms with Crippen LogP contribution >= 0.6 is 11.6 Å². The summed E-state index contributed by atoms with van der Waals surface area (Å²) in [6.45, 7) is 0.949. The first-order chi connectivity index (χ1) is 18.9. The molecule has 2 aromatic heterocycles. The van der Waals surface area contributed by atoms with E-state index in [1.807, 2.05) is 0 Å². The van der Waals surface area contributed by atoms with Gasteiger partial charge in [-0.3, -0.25) is 0 Å². The van der Waals surface area contributed by atoms with Crippen molar-refractivity contribution in [1.82, 2.24) is 0 Å². The van der Waals surface area contributed by atoms with E-state index in [0.717, 1.165) is 19.1 Å². The van der Waals surface area contributed by atoms with Gasteiger partial charge in [0.25, 0.3) is 0 Å². The Labute approximate surface area is 223 Å². The van der Waals surface area contributed by atoms with Crippen molar-refractivity contribution in [2.45, 2.75) is 13.0 Å². The van der Waals surface area contributed by atoms with Gasteiger partial charge in [0.15, 0.2) is 11.9 Å². The fourth-order valence-electron chi connectivity index (χ4n) is 3.82. The van der Waals surface area contributed by atoms with Crippen molar-refractivity contribution in [3.05, 3.63) is 103 Å². The molecule has 0 aliphatic rings. The molecule has 3 aromatic carbocycles. The molecule has 0 spiro atoms. The number of carbonyl (C=O) groups excluding carboxylic acids is 1. The predicted molar refractivity (Wildman–Crippen MR) is 131 cm³/mol. The number of rotatable bonds is 5. The first-order valence-corrected chi connectivity index (χ1v) is 11.5. The number of carbonyl (C=O) groups is 1. The molecule has 204 valence electrons. The van der Waals surface area contributed by atoms with Crippen LogP contribution in [0.25, 0.3) is 33.1 Å². The summed E-state index contributed by atoms with van der Waals surface area (Å²) in [4.78, 5) is 37.4. The highest BCUT2D eigenvalue weighted by Crippen LogP contribution is 2.32. The number of fused-ring (bicyclic) bond motifs is 2. The zero-order valence-corrected chi connectivity index (χ0v) is 20.6. The lowest BCUT2D eigenvalue weighted by atomic mass is 10.0.